The van der Waals surface area contributed by atoms with Crippen LogP contribution in [0.2, 0.25) is 0 Å². The summed E-state index contributed by atoms with van der Waals surface area (Å²) in [4.78, 5) is 0. The minimum atomic E-state index is -0.756. The zero-order valence-corrected chi connectivity index (χ0v) is 21.1. The first-order chi connectivity index (χ1) is 11.6. The smallest absolute Gasteiger partial charge is 0.0773 e. The Morgan fingerprint density at radius 2 is 1.12 bits per heavy atom. The fraction of sp³-hybridized carbons (Fsp3) is 0.917. The van der Waals surface area contributed by atoms with Gasteiger partial charge in [0.05, 0.1) is 24.6 Å². The van der Waals surface area contributed by atoms with Crippen LogP contribution in [-0.4, -0.2) is 24.6 Å². The van der Waals surface area contributed by atoms with Crippen molar-refractivity contribution in [3.05, 3.63) is 12.2 Å². The maximum absolute atomic E-state index is 2.60. The van der Waals surface area contributed by atoms with Crippen LogP contribution in [0.4, 0.5) is 0 Å². The van der Waals surface area contributed by atoms with Crippen LogP contribution in [0.15, 0.2) is 12.2 Å². The lowest BCUT2D eigenvalue weighted by Gasteiger charge is -2.31. The summed E-state index contributed by atoms with van der Waals surface area (Å²) in [7, 11) is -0.756. The van der Waals surface area contributed by atoms with E-state index in [4.69, 9.17) is 0 Å². The van der Waals surface area contributed by atoms with Crippen molar-refractivity contribution >= 4 is 7.26 Å². The van der Waals surface area contributed by atoms with Crippen LogP contribution in [0.3, 0.4) is 0 Å². The molecule has 0 aromatic carbocycles. The van der Waals surface area contributed by atoms with Crippen LogP contribution in [0.1, 0.15) is 107 Å². The van der Waals surface area contributed by atoms with Crippen molar-refractivity contribution in [2.75, 3.05) is 24.6 Å². The van der Waals surface area contributed by atoms with Crippen molar-refractivity contribution in [3.63, 3.8) is 0 Å². The molecule has 0 radical (unpaired) electrons. The Labute approximate surface area is 174 Å². The van der Waals surface area contributed by atoms with Crippen molar-refractivity contribution in [1.29, 1.82) is 0 Å². The van der Waals surface area contributed by atoms with Gasteiger partial charge in [-0.25, -0.2) is 0 Å². The van der Waals surface area contributed by atoms with Crippen molar-refractivity contribution < 1.29 is 12.4 Å². The average molecular weight is 405 g/mol. The van der Waals surface area contributed by atoms with E-state index in [9.17, 15) is 0 Å². The molecular formula is C24H50ClP. The highest BCUT2D eigenvalue weighted by molar-refractivity contribution is 7.76. The van der Waals surface area contributed by atoms with E-state index in [1.807, 2.05) is 0 Å². The number of halogens is 1. The summed E-state index contributed by atoms with van der Waals surface area (Å²) in [5.41, 5.74) is 0.851. The molecular weight excluding hydrogens is 355 g/mol. The Morgan fingerprint density at radius 1 is 0.692 bits per heavy atom. The lowest BCUT2D eigenvalue weighted by Crippen LogP contribution is -3.00. The van der Waals surface area contributed by atoms with Gasteiger partial charge >= 0.3 is 0 Å². The molecule has 0 fully saturated rings. The Balaban J connectivity index is 0. The van der Waals surface area contributed by atoms with E-state index < -0.39 is 7.26 Å². The second-order valence-corrected chi connectivity index (χ2v) is 14.7. The molecule has 0 saturated heterocycles. The van der Waals surface area contributed by atoms with Gasteiger partial charge in [0.15, 0.2) is 0 Å². The van der Waals surface area contributed by atoms with E-state index in [-0.39, 0.29) is 12.4 Å². The molecule has 0 aliphatic carbocycles. The Bertz CT molecular complexity index is 330. The molecule has 0 aromatic rings. The van der Waals surface area contributed by atoms with Gasteiger partial charge in [0.2, 0.25) is 0 Å². The molecule has 0 N–H and O–H groups in total. The van der Waals surface area contributed by atoms with Crippen molar-refractivity contribution in [3.8, 4) is 0 Å². The van der Waals surface area contributed by atoms with Crippen LogP contribution in [0, 0.1) is 10.8 Å². The van der Waals surface area contributed by atoms with E-state index in [2.05, 4.69) is 67.5 Å². The van der Waals surface area contributed by atoms with Gasteiger partial charge in [-0.15, -0.1) is 0 Å². The summed E-state index contributed by atoms with van der Waals surface area (Å²) in [5, 5.41) is 0. The first-order valence-corrected chi connectivity index (χ1v) is 13.6. The molecule has 158 valence electrons. The minimum absolute atomic E-state index is 0. The second-order valence-electron chi connectivity index (χ2n) is 10.3. The van der Waals surface area contributed by atoms with E-state index in [0.29, 0.717) is 10.8 Å². The summed E-state index contributed by atoms with van der Waals surface area (Å²) >= 11 is 0. The molecule has 2 heteroatoms. The molecule has 0 spiro atoms. The fourth-order valence-corrected chi connectivity index (χ4v) is 9.07. The summed E-state index contributed by atoms with van der Waals surface area (Å²) in [6.45, 7) is 19.1. The quantitative estimate of drug-likeness (QED) is 0.253. The minimum Gasteiger partial charge on any atom is -1.00 e. The van der Waals surface area contributed by atoms with Gasteiger partial charge in [-0.3, -0.25) is 0 Å². The molecule has 0 saturated carbocycles. The van der Waals surface area contributed by atoms with Crippen LogP contribution in [0.5, 0.6) is 0 Å². The lowest BCUT2D eigenvalue weighted by atomic mass is 9.74. The molecule has 0 aliphatic heterocycles. The van der Waals surface area contributed by atoms with Gasteiger partial charge in [-0.05, 0) is 42.9 Å². The Morgan fingerprint density at radius 3 is 1.46 bits per heavy atom. The highest BCUT2D eigenvalue weighted by Gasteiger charge is 2.34. The van der Waals surface area contributed by atoms with Crippen LogP contribution in [0.25, 0.3) is 0 Å². The SMILES string of the molecule is CCCC[P+](C/C=C/CC(C)(C)CC(C)(C)C)(CCCC)CCCC.[Cl-]. The predicted molar refractivity (Wildman–Crippen MR) is 123 cm³/mol. The number of unbranched alkanes of at least 4 members (excludes halogenated alkanes) is 3. The first kappa shape index (κ1) is 28.7. The van der Waals surface area contributed by atoms with Crippen molar-refractivity contribution in [2.45, 2.75) is 107 Å². The van der Waals surface area contributed by atoms with Gasteiger partial charge in [0, 0.05) is 7.26 Å². The number of rotatable bonds is 14. The molecule has 0 aliphatic rings. The molecule has 26 heavy (non-hydrogen) atoms. The molecule has 0 unspecified atom stereocenters. The van der Waals surface area contributed by atoms with E-state index in [0.717, 1.165) is 0 Å². The molecule has 0 heterocycles. The standard InChI is InChI=1S/C24H50P.ClH/c1-9-12-18-25(19-13-10-2,20-14-11-3)21-16-15-17-24(7,8)22-23(4,5)6;/h15-16H,9-14,17-22H2,1-8H3;1H/q+1;/p-1/b16-15+;. The highest BCUT2D eigenvalue weighted by Crippen LogP contribution is 2.60. The van der Waals surface area contributed by atoms with Crippen LogP contribution >= 0.6 is 7.26 Å². The Kier molecular flexibility index (Phi) is 15.9. The predicted octanol–water partition coefficient (Wildman–Crippen LogP) is 5.82. The zero-order chi connectivity index (χ0) is 19.4. The van der Waals surface area contributed by atoms with Gasteiger partial charge in [-0.2, -0.15) is 0 Å². The maximum Gasteiger partial charge on any atom is 0.0773 e. The van der Waals surface area contributed by atoms with Crippen molar-refractivity contribution in [1.82, 2.24) is 0 Å². The lowest BCUT2D eigenvalue weighted by molar-refractivity contribution is -0.00000789. The maximum atomic E-state index is 2.60. The van der Waals surface area contributed by atoms with E-state index in [1.54, 1.807) is 18.5 Å². The summed E-state index contributed by atoms with van der Waals surface area (Å²) in [6.07, 6.45) is 22.1. The normalized spacial score (nSPS) is 13.2. The van der Waals surface area contributed by atoms with Crippen LogP contribution in [-0.2, 0) is 0 Å². The van der Waals surface area contributed by atoms with Gasteiger partial charge in [0.1, 0.15) is 0 Å². The number of allylic oxidation sites excluding steroid dienone is 2. The monoisotopic (exact) mass is 404 g/mol. The topological polar surface area (TPSA) is 0 Å². The molecule has 0 amide bonds. The summed E-state index contributed by atoms with van der Waals surface area (Å²) in [6, 6.07) is 0. The summed E-state index contributed by atoms with van der Waals surface area (Å²) in [5.74, 6) is 0. The number of hydrogen-bond donors (Lipinski definition) is 0. The third-order valence-electron chi connectivity index (χ3n) is 5.30. The molecule has 0 rings (SSSR count). The third kappa shape index (κ3) is 14.5. The van der Waals surface area contributed by atoms with Gasteiger partial charge in [0.25, 0.3) is 0 Å². The van der Waals surface area contributed by atoms with E-state index in [1.165, 1.54) is 57.5 Å². The first-order valence-electron chi connectivity index (χ1n) is 11.1. The molecule has 0 atom stereocenters. The Hall–Kier alpha value is 0.460. The van der Waals surface area contributed by atoms with Gasteiger partial charge < -0.3 is 12.4 Å². The van der Waals surface area contributed by atoms with E-state index >= 15 is 0 Å². The molecule has 0 aromatic heterocycles. The van der Waals surface area contributed by atoms with Crippen molar-refractivity contribution in [2.24, 2.45) is 10.8 Å². The van der Waals surface area contributed by atoms with Crippen LogP contribution < -0.4 is 12.4 Å². The molecule has 0 nitrogen and oxygen atoms in total. The second kappa shape index (κ2) is 14.5. The zero-order valence-electron chi connectivity index (χ0n) is 19.5. The molecule has 0 bridgehead atoms. The highest BCUT2D eigenvalue weighted by atomic mass is 35.5. The van der Waals surface area contributed by atoms with Gasteiger partial charge in [-0.1, -0.05) is 86.8 Å². The fourth-order valence-electron chi connectivity index (χ4n) is 4.30. The number of hydrogen-bond acceptors (Lipinski definition) is 0. The largest absolute Gasteiger partial charge is 1.00 e. The average Bonchev–Trinajstić information content (AvgIpc) is 2.50. The third-order valence-corrected chi connectivity index (χ3v) is 10.1. The summed E-state index contributed by atoms with van der Waals surface area (Å²) < 4.78 is 0.